The van der Waals surface area contributed by atoms with Gasteiger partial charge in [0.15, 0.2) is 0 Å². The van der Waals surface area contributed by atoms with Gasteiger partial charge in [-0.15, -0.1) is 11.3 Å². The molecule has 7 nitrogen and oxygen atoms in total. The third-order valence-corrected chi connectivity index (χ3v) is 5.86. The van der Waals surface area contributed by atoms with Crippen molar-refractivity contribution in [2.24, 2.45) is 5.10 Å². The summed E-state index contributed by atoms with van der Waals surface area (Å²) in [5.74, 6) is -0.448. The molecule has 0 spiro atoms. The highest BCUT2D eigenvalue weighted by atomic mass is 79.9. The van der Waals surface area contributed by atoms with Crippen molar-refractivity contribution >= 4 is 49.6 Å². The van der Waals surface area contributed by atoms with Crippen LogP contribution in [0.25, 0.3) is 20.7 Å². The number of benzene rings is 2. The van der Waals surface area contributed by atoms with Crippen LogP contribution in [-0.2, 0) is 11.3 Å². The first kappa shape index (κ1) is 20.0. The van der Waals surface area contributed by atoms with Crippen molar-refractivity contribution in [3.05, 3.63) is 81.3 Å². The number of aromatic nitrogens is 2. The van der Waals surface area contributed by atoms with Crippen LogP contribution in [0.3, 0.4) is 0 Å². The van der Waals surface area contributed by atoms with Crippen molar-refractivity contribution in [1.29, 1.82) is 0 Å². The van der Waals surface area contributed by atoms with Crippen molar-refractivity contribution < 1.29 is 9.90 Å². The van der Waals surface area contributed by atoms with Crippen LogP contribution in [-0.4, -0.2) is 26.8 Å². The predicted molar refractivity (Wildman–Crippen MR) is 121 cm³/mol. The Labute approximate surface area is 183 Å². The lowest BCUT2D eigenvalue weighted by Gasteiger charge is -2.04. The topological polar surface area (TPSA) is 96.6 Å². The summed E-state index contributed by atoms with van der Waals surface area (Å²) in [4.78, 5) is 30.8. The van der Waals surface area contributed by atoms with Crippen LogP contribution >= 0.6 is 27.3 Å². The van der Waals surface area contributed by atoms with Crippen LogP contribution in [0, 0.1) is 0 Å². The fraction of sp³-hybridized carbons (Fsp3) is 0.0476. The van der Waals surface area contributed by atoms with E-state index in [1.165, 1.54) is 34.5 Å². The van der Waals surface area contributed by atoms with Gasteiger partial charge in [0.25, 0.3) is 11.5 Å². The zero-order chi connectivity index (χ0) is 21.1. The number of aromatic hydroxyl groups is 1. The second kappa shape index (κ2) is 8.60. The number of carbonyl (C=O) groups is 1. The number of carbonyl (C=O) groups excluding carboxylic acids is 1. The Hall–Kier alpha value is -3.30. The molecule has 9 heteroatoms. The molecule has 0 atom stereocenters. The number of halogens is 1. The van der Waals surface area contributed by atoms with Crippen LogP contribution in [0.4, 0.5) is 0 Å². The number of nitrogens with zero attached hydrogens (tertiary/aromatic N) is 3. The molecule has 1 amide bonds. The summed E-state index contributed by atoms with van der Waals surface area (Å²) in [6.45, 7) is -0.222. The van der Waals surface area contributed by atoms with E-state index in [4.69, 9.17) is 0 Å². The molecular formula is C21H15BrN4O3S. The number of nitrogens with one attached hydrogen (secondary N) is 1. The molecule has 2 aromatic carbocycles. The van der Waals surface area contributed by atoms with Crippen LogP contribution < -0.4 is 11.0 Å². The van der Waals surface area contributed by atoms with Crippen LogP contribution in [0.2, 0.25) is 0 Å². The van der Waals surface area contributed by atoms with E-state index >= 15 is 0 Å². The number of hydrogen-bond donors (Lipinski definition) is 2. The highest BCUT2D eigenvalue weighted by molar-refractivity contribution is 9.10. The molecule has 4 aromatic rings. The number of thiophene rings is 1. The molecule has 0 radical (unpaired) electrons. The maximum Gasteiger partial charge on any atom is 0.262 e. The van der Waals surface area contributed by atoms with Crippen LogP contribution in [0.15, 0.2) is 75.3 Å². The normalized spacial score (nSPS) is 11.2. The summed E-state index contributed by atoms with van der Waals surface area (Å²) >= 11 is 4.73. The summed E-state index contributed by atoms with van der Waals surface area (Å²) < 4.78 is 2.01. The molecule has 0 aliphatic rings. The minimum Gasteiger partial charge on any atom is -0.507 e. The Bertz CT molecular complexity index is 1320. The molecule has 0 saturated heterocycles. The molecule has 0 unspecified atom stereocenters. The van der Waals surface area contributed by atoms with Gasteiger partial charge in [0.1, 0.15) is 17.1 Å². The number of rotatable bonds is 5. The molecule has 0 aliphatic carbocycles. The molecule has 0 fully saturated rings. The summed E-state index contributed by atoms with van der Waals surface area (Å²) in [6.07, 6.45) is 2.69. The van der Waals surface area contributed by atoms with Gasteiger partial charge in [0, 0.05) is 14.9 Å². The van der Waals surface area contributed by atoms with Crippen molar-refractivity contribution in [2.75, 3.05) is 0 Å². The molecule has 0 aliphatic heterocycles. The lowest BCUT2D eigenvalue weighted by Crippen LogP contribution is -2.29. The first-order valence-corrected chi connectivity index (χ1v) is 10.5. The molecular weight excluding hydrogens is 468 g/mol. The Kier molecular flexibility index (Phi) is 5.73. The zero-order valence-corrected chi connectivity index (χ0v) is 17.9. The summed E-state index contributed by atoms with van der Waals surface area (Å²) in [5, 5.41) is 14.1. The minimum atomic E-state index is -0.484. The maximum atomic E-state index is 12.8. The molecule has 2 aromatic heterocycles. The van der Waals surface area contributed by atoms with Gasteiger partial charge in [-0.25, -0.2) is 10.4 Å². The lowest BCUT2D eigenvalue weighted by molar-refractivity contribution is -0.121. The number of phenolic OH excluding ortho intramolecular Hbond substituents is 1. The molecule has 0 bridgehead atoms. The molecule has 0 saturated carbocycles. The second-order valence-electron chi connectivity index (χ2n) is 6.37. The molecule has 2 heterocycles. The predicted octanol–water partition coefficient (Wildman–Crippen LogP) is 3.74. The van der Waals surface area contributed by atoms with Crippen molar-refractivity contribution in [3.8, 4) is 16.2 Å². The van der Waals surface area contributed by atoms with Gasteiger partial charge in [-0.1, -0.05) is 46.3 Å². The van der Waals surface area contributed by atoms with E-state index in [2.05, 4.69) is 31.4 Å². The fourth-order valence-electron chi connectivity index (χ4n) is 2.81. The minimum absolute atomic E-state index is 0.0359. The Morgan fingerprint density at radius 1 is 1.23 bits per heavy atom. The molecule has 30 heavy (non-hydrogen) atoms. The van der Waals surface area contributed by atoms with E-state index in [0.29, 0.717) is 15.8 Å². The van der Waals surface area contributed by atoms with Gasteiger partial charge in [-0.3, -0.25) is 14.2 Å². The third-order valence-electron chi connectivity index (χ3n) is 4.27. The van der Waals surface area contributed by atoms with E-state index in [1.54, 1.807) is 18.2 Å². The van der Waals surface area contributed by atoms with Gasteiger partial charge in [-0.2, -0.15) is 5.10 Å². The average Bonchev–Trinajstić information content (AvgIpc) is 3.19. The van der Waals surface area contributed by atoms with E-state index in [0.717, 1.165) is 14.9 Å². The average molecular weight is 483 g/mol. The molecule has 2 N–H and O–H groups in total. The Balaban J connectivity index is 1.50. The van der Waals surface area contributed by atoms with Gasteiger partial charge >= 0.3 is 0 Å². The van der Waals surface area contributed by atoms with Crippen molar-refractivity contribution in [2.45, 2.75) is 6.54 Å². The number of fused-ring (bicyclic) bond motifs is 1. The zero-order valence-electron chi connectivity index (χ0n) is 15.4. The van der Waals surface area contributed by atoms with Gasteiger partial charge < -0.3 is 5.11 Å². The molecule has 150 valence electrons. The second-order valence-corrected chi connectivity index (χ2v) is 8.32. The quantitative estimate of drug-likeness (QED) is 0.334. The van der Waals surface area contributed by atoms with E-state index in [1.807, 2.05) is 30.3 Å². The monoisotopic (exact) mass is 482 g/mol. The fourth-order valence-corrected chi connectivity index (χ4v) is 4.18. The highest BCUT2D eigenvalue weighted by Crippen LogP contribution is 2.30. The van der Waals surface area contributed by atoms with Gasteiger partial charge in [-0.05, 0) is 29.8 Å². The van der Waals surface area contributed by atoms with Gasteiger partial charge in [0.2, 0.25) is 0 Å². The van der Waals surface area contributed by atoms with Crippen LogP contribution in [0.5, 0.6) is 5.75 Å². The lowest BCUT2D eigenvalue weighted by atomic mass is 10.2. The number of amides is 1. The number of hydrogen-bond acceptors (Lipinski definition) is 6. The third kappa shape index (κ3) is 4.32. The number of phenols is 1. The van der Waals surface area contributed by atoms with Gasteiger partial charge in [0.05, 0.1) is 17.9 Å². The summed E-state index contributed by atoms with van der Waals surface area (Å²) in [7, 11) is 0. The van der Waals surface area contributed by atoms with E-state index in [-0.39, 0.29) is 17.9 Å². The number of hydrazone groups is 1. The first-order valence-electron chi connectivity index (χ1n) is 8.86. The first-order chi connectivity index (χ1) is 14.5. The Morgan fingerprint density at radius 3 is 2.83 bits per heavy atom. The smallest absolute Gasteiger partial charge is 0.262 e. The molecule has 4 rings (SSSR count). The van der Waals surface area contributed by atoms with E-state index in [9.17, 15) is 14.7 Å². The van der Waals surface area contributed by atoms with Crippen LogP contribution in [0.1, 0.15) is 5.56 Å². The van der Waals surface area contributed by atoms with E-state index < -0.39 is 5.91 Å². The van der Waals surface area contributed by atoms with Crippen molar-refractivity contribution in [3.63, 3.8) is 0 Å². The SMILES string of the molecule is O=C(Cn1cnc2sc(-c3ccccc3)cc2c1=O)N/N=C\c1cc(Br)ccc1O. The largest absolute Gasteiger partial charge is 0.507 e. The highest BCUT2D eigenvalue weighted by Gasteiger charge is 2.12. The maximum absolute atomic E-state index is 12.8. The Morgan fingerprint density at radius 2 is 2.03 bits per heavy atom. The summed E-state index contributed by atoms with van der Waals surface area (Å²) in [6, 6.07) is 16.4. The summed E-state index contributed by atoms with van der Waals surface area (Å²) in [5.41, 5.74) is 3.51. The van der Waals surface area contributed by atoms with Crippen molar-refractivity contribution in [1.82, 2.24) is 15.0 Å². The standard InChI is InChI=1S/C21H15BrN4O3S/c22-15-6-7-17(27)14(8-15)10-24-25-19(28)11-26-12-23-20-16(21(26)29)9-18(30-20)13-4-2-1-3-5-13/h1-10,12,27H,11H2,(H,25,28)/b24-10-.